The number of rotatable bonds is 6. The molecule has 9 heteroatoms. The Morgan fingerprint density at radius 2 is 1.82 bits per heavy atom. The maximum absolute atomic E-state index is 13.6. The molecule has 0 radical (unpaired) electrons. The lowest BCUT2D eigenvalue weighted by Crippen LogP contribution is -2.44. The fourth-order valence-electron chi connectivity index (χ4n) is 4.14. The van der Waals surface area contributed by atoms with Crippen LogP contribution in [-0.2, 0) is 9.47 Å². The lowest BCUT2D eigenvalue weighted by molar-refractivity contribution is 0.0652. The number of carbonyl (C=O) groups is 1. The van der Waals surface area contributed by atoms with Crippen LogP contribution in [0, 0.1) is 5.82 Å². The lowest BCUT2D eigenvalue weighted by Gasteiger charge is -2.18. The van der Waals surface area contributed by atoms with Gasteiger partial charge in [-0.1, -0.05) is 12.1 Å². The van der Waals surface area contributed by atoms with Crippen LogP contribution in [0.25, 0.3) is 11.3 Å². The number of methoxy groups -OCH3 is 1. The molecule has 170 valence electrons. The Kier molecular flexibility index (Phi) is 5.89. The van der Waals surface area contributed by atoms with Crippen molar-refractivity contribution in [3.8, 4) is 17.0 Å². The van der Waals surface area contributed by atoms with E-state index >= 15 is 0 Å². The summed E-state index contributed by atoms with van der Waals surface area (Å²) in [6.45, 7) is 0.734. The number of nitrogens with zero attached hydrogens (tertiary/aromatic N) is 2. The number of hydrogen-bond acceptors (Lipinski definition) is 7. The van der Waals surface area contributed by atoms with Gasteiger partial charge in [0.15, 0.2) is 0 Å². The van der Waals surface area contributed by atoms with Gasteiger partial charge in [-0.25, -0.2) is 14.4 Å². The summed E-state index contributed by atoms with van der Waals surface area (Å²) < 4.78 is 30.6. The third-order valence-electron chi connectivity index (χ3n) is 5.81. The molecule has 2 aromatic carbocycles. The number of nitrogens with one attached hydrogen (secondary N) is 2. The first kappa shape index (κ1) is 21.3. The van der Waals surface area contributed by atoms with Crippen molar-refractivity contribution in [2.24, 2.45) is 0 Å². The molecule has 33 heavy (non-hydrogen) atoms. The van der Waals surface area contributed by atoms with Crippen molar-refractivity contribution in [3.05, 3.63) is 72.2 Å². The zero-order valence-electron chi connectivity index (χ0n) is 17.9. The molecular weight excluding hydrogens is 427 g/mol. The number of anilines is 1. The molecule has 1 amide bonds. The number of hydrogen-bond donors (Lipinski definition) is 2. The van der Waals surface area contributed by atoms with Crippen LogP contribution in [0.2, 0.25) is 0 Å². The molecule has 5 rings (SSSR count). The molecule has 0 saturated carbocycles. The van der Waals surface area contributed by atoms with Crippen molar-refractivity contribution in [2.45, 2.75) is 24.3 Å². The quantitative estimate of drug-likeness (QED) is 0.596. The maximum Gasteiger partial charge on any atom is 0.251 e. The summed E-state index contributed by atoms with van der Waals surface area (Å²) in [4.78, 5) is 21.4. The van der Waals surface area contributed by atoms with Crippen LogP contribution in [0.1, 0.15) is 10.4 Å². The Hall–Kier alpha value is -3.56. The predicted molar refractivity (Wildman–Crippen MR) is 119 cm³/mol. The van der Waals surface area contributed by atoms with Crippen molar-refractivity contribution in [3.63, 3.8) is 0 Å². The Morgan fingerprint density at radius 1 is 1.06 bits per heavy atom. The van der Waals surface area contributed by atoms with E-state index in [9.17, 15) is 9.18 Å². The zero-order valence-corrected chi connectivity index (χ0v) is 17.9. The van der Waals surface area contributed by atoms with Crippen LogP contribution >= 0.6 is 0 Å². The number of carbonyl (C=O) groups excluding carboxylic acids is 1. The highest BCUT2D eigenvalue weighted by Gasteiger charge is 2.48. The van der Waals surface area contributed by atoms with Gasteiger partial charge >= 0.3 is 0 Å². The van der Waals surface area contributed by atoms with E-state index in [-0.39, 0.29) is 36.0 Å². The monoisotopic (exact) mass is 450 g/mol. The van der Waals surface area contributed by atoms with Gasteiger partial charge in [-0.3, -0.25) is 4.79 Å². The van der Waals surface area contributed by atoms with Crippen LogP contribution in [0.15, 0.2) is 60.8 Å². The average molecular weight is 450 g/mol. The van der Waals surface area contributed by atoms with Crippen LogP contribution < -0.4 is 15.4 Å². The van der Waals surface area contributed by atoms with Gasteiger partial charge < -0.3 is 24.8 Å². The second kappa shape index (κ2) is 9.13. The van der Waals surface area contributed by atoms with Gasteiger partial charge in [0.25, 0.3) is 5.91 Å². The van der Waals surface area contributed by atoms with Crippen molar-refractivity contribution >= 4 is 11.9 Å². The van der Waals surface area contributed by atoms with Crippen molar-refractivity contribution in [1.29, 1.82) is 0 Å². The van der Waals surface area contributed by atoms with Crippen LogP contribution in [0.4, 0.5) is 10.3 Å². The number of halogens is 1. The summed E-state index contributed by atoms with van der Waals surface area (Å²) >= 11 is 0. The highest BCUT2D eigenvalue weighted by atomic mass is 19.1. The average Bonchev–Trinajstić information content (AvgIpc) is 3.42. The zero-order chi connectivity index (χ0) is 22.8. The van der Waals surface area contributed by atoms with Gasteiger partial charge in [-0.2, -0.15) is 0 Å². The van der Waals surface area contributed by atoms with Crippen molar-refractivity contribution in [1.82, 2.24) is 15.3 Å². The molecule has 0 bridgehead atoms. The molecule has 2 N–H and O–H groups in total. The second-order valence-electron chi connectivity index (χ2n) is 7.93. The Balaban J connectivity index is 1.23. The number of aromatic nitrogens is 2. The molecule has 2 saturated heterocycles. The van der Waals surface area contributed by atoms with E-state index in [0.29, 0.717) is 41.7 Å². The topological polar surface area (TPSA) is 94.6 Å². The third-order valence-corrected chi connectivity index (χ3v) is 5.81. The van der Waals surface area contributed by atoms with Crippen LogP contribution in [0.5, 0.6) is 5.75 Å². The summed E-state index contributed by atoms with van der Waals surface area (Å²) in [5.74, 6) is 0.570. The Morgan fingerprint density at radius 3 is 2.58 bits per heavy atom. The minimum atomic E-state index is -0.324. The first-order valence-corrected chi connectivity index (χ1v) is 10.6. The Labute approximate surface area is 190 Å². The summed E-state index contributed by atoms with van der Waals surface area (Å²) in [7, 11) is 1.58. The smallest absolute Gasteiger partial charge is 0.251 e. The molecule has 0 spiro atoms. The molecule has 0 aliphatic carbocycles. The number of ether oxygens (including phenoxy) is 3. The molecular formula is C24H23FN4O4. The summed E-state index contributed by atoms with van der Waals surface area (Å²) in [5, 5.41) is 6.26. The van der Waals surface area contributed by atoms with Crippen molar-refractivity contribution in [2.75, 3.05) is 25.6 Å². The number of benzene rings is 2. The predicted octanol–water partition coefficient (Wildman–Crippen LogP) is 2.67. The third kappa shape index (κ3) is 4.50. The first-order chi connectivity index (χ1) is 16.1. The second-order valence-corrected chi connectivity index (χ2v) is 7.93. The molecule has 4 atom stereocenters. The van der Waals surface area contributed by atoms with Gasteiger partial charge in [0.2, 0.25) is 5.95 Å². The van der Waals surface area contributed by atoms with E-state index in [0.717, 1.165) is 0 Å². The molecule has 3 aromatic rings. The van der Waals surface area contributed by atoms with E-state index < -0.39 is 0 Å². The minimum Gasteiger partial charge on any atom is -0.497 e. The van der Waals surface area contributed by atoms with E-state index in [1.165, 1.54) is 12.1 Å². The van der Waals surface area contributed by atoms with E-state index in [1.807, 2.05) is 0 Å². The van der Waals surface area contributed by atoms with E-state index in [4.69, 9.17) is 14.2 Å². The molecule has 2 fully saturated rings. The van der Waals surface area contributed by atoms with Crippen LogP contribution in [0.3, 0.4) is 0 Å². The summed E-state index contributed by atoms with van der Waals surface area (Å²) in [5.41, 5.74) is 1.81. The van der Waals surface area contributed by atoms with Gasteiger partial charge in [0.05, 0.1) is 38.1 Å². The minimum absolute atomic E-state index is 0.180. The molecule has 2 aliphatic rings. The van der Waals surface area contributed by atoms with Gasteiger partial charge in [0, 0.05) is 17.3 Å². The fraction of sp³-hybridized carbons (Fsp3) is 0.292. The van der Waals surface area contributed by atoms with Crippen molar-refractivity contribution < 1.29 is 23.4 Å². The molecule has 8 nitrogen and oxygen atoms in total. The number of fused-ring (bicyclic) bond motifs is 1. The largest absolute Gasteiger partial charge is 0.497 e. The van der Waals surface area contributed by atoms with Gasteiger partial charge in [-0.15, -0.1) is 0 Å². The Bertz CT molecular complexity index is 1140. The normalized spacial score (nSPS) is 23.7. The fourth-order valence-corrected chi connectivity index (χ4v) is 4.14. The molecule has 2 aliphatic heterocycles. The molecule has 3 heterocycles. The van der Waals surface area contributed by atoms with Gasteiger partial charge in [-0.05, 0) is 42.5 Å². The lowest BCUT2D eigenvalue weighted by atomic mass is 10.1. The molecule has 4 unspecified atom stereocenters. The summed E-state index contributed by atoms with van der Waals surface area (Å²) in [6, 6.07) is 14.4. The number of amides is 1. The first-order valence-electron chi connectivity index (χ1n) is 10.6. The van der Waals surface area contributed by atoms with Gasteiger partial charge in [0.1, 0.15) is 23.8 Å². The van der Waals surface area contributed by atoms with E-state index in [2.05, 4.69) is 20.6 Å². The van der Waals surface area contributed by atoms with E-state index in [1.54, 1.807) is 55.8 Å². The highest BCUT2D eigenvalue weighted by molar-refractivity contribution is 5.94. The SMILES string of the molecule is COc1ccc(C(=O)NC2COC3C(Nc4nccc(-c5cccc(F)c5)n4)COC23)cc1. The maximum atomic E-state index is 13.6. The standard InChI is InChI=1S/C24H23FN4O4/c1-31-17-7-5-14(6-8-17)23(30)27-19-12-32-22-20(13-33-21(19)22)29-24-26-10-9-18(28-24)15-3-2-4-16(25)11-15/h2-11,19-22H,12-13H2,1H3,(H,27,30)(H,26,28,29). The highest BCUT2D eigenvalue weighted by Crippen LogP contribution is 2.29. The van der Waals surface area contributed by atoms with Crippen LogP contribution in [-0.4, -0.2) is 60.5 Å². The molecule has 1 aromatic heterocycles. The summed E-state index contributed by atoms with van der Waals surface area (Å²) in [6.07, 6.45) is 1.08.